The predicted molar refractivity (Wildman–Crippen MR) is 102 cm³/mol. The fraction of sp³-hybridized carbons (Fsp3) is 0.0909. The molecule has 0 aliphatic carbocycles. The molecule has 128 valence electrons. The zero-order valence-corrected chi connectivity index (χ0v) is 14.8. The average Bonchev–Trinajstić information content (AvgIpc) is 3.06. The molecule has 4 heteroatoms. The van der Waals surface area contributed by atoms with Gasteiger partial charge in [0.15, 0.2) is 0 Å². The largest absolute Gasteiger partial charge is 0.497 e. The normalized spacial score (nSPS) is 10.7. The highest BCUT2D eigenvalue weighted by atomic mass is 16.5. The number of hydrogen-bond donors (Lipinski definition) is 0. The lowest BCUT2D eigenvalue weighted by Gasteiger charge is -2.02. The second-order valence-corrected chi connectivity index (χ2v) is 6.04. The van der Waals surface area contributed by atoms with E-state index in [0.717, 1.165) is 34.0 Å². The van der Waals surface area contributed by atoms with Gasteiger partial charge < -0.3 is 4.74 Å². The molecule has 1 heterocycles. The van der Waals surface area contributed by atoms with E-state index in [1.807, 2.05) is 60.4 Å². The van der Waals surface area contributed by atoms with Gasteiger partial charge in [0.2, 0.25) is 5.69 Å². The van der Waals surface area contributed by atoms with Gasteiger partial charge in [0.05, 0.1) is 12.2 Å². The highest BCUT2D eigenvalue weighted by Gasteiger charge is 2.27. The Kier molecular flexibility index (Phi) is 4.23. The second-order valence-electron chi connectivity index (χ2n) is 6.04. The van der Waals surface area contributed by atoms with Crippen LogP contribution >= 0.6 is 0 Å². The molecule has 26 heavy (non-hydrogen) atoms. The van der Waals surface area contributed by atoms with Gasteiger partial charge in [-0.3, -0.25) is 0 Å². The number of benzene rings is 3. The first-order valence-corrected chi connectivity index (χ1v) is 8.52. The molecule has 0 fully saturated rings. The molecule has 0 aliphatic rings. The molecule has 4 nitrogen and oxygen atoms in total. The molecule has 0 aliphatic heterocycles. The highest BCUT2D eigenvalue weighted by Crippen LogP contribution is 2.28. The van der Waals surface area contributed by atoms with Crippen LogP contribution in [0.5, 0.6) is 5.75 Å². The molecule has 3 aromatic carbocycles. The Morgan fingerprint density at radius 3 is 1.92 bits per heavy atom. The van der Waals surface area contributed by atoms with E-state index in [-0.39, 0.29) is 0 Å². The smallest absolute Gasteiger partial charge is 0.257 e. The number of methoxy groups -OCH3 is 1. The molecule has 0 amide bonds. The van der Waals surface area contributed by atoms with E-state index in [2.05, 4.69) is 41.1 Å². The SMILES string of the molecule is COc1ccc(-n2nc(-c3ccccc3)c(-c3ccccc3)[n+]2C)cc1. The number of hydrogen-bond acceptors (Lipinski definition) is 2. The molecule has 0 bridgehead atoms. The molecule has 1 aromatic heterocycles. The van der Waals surface area contributed by atoms with E-state index >= 15 is 0 Å². The minimum absolute atomic E-state index is 0.829. The first-order valence-electron chi connectivity index (χ1n) is 8.52. The van der Waals surface area contributed by atoms with Crippen LogP contribution in [0, 0.1) is 0 Å². The maximum Gasteiger partial charge on any atom is 0.257 e. The average molecular weight is 342 g/mol. The molecular formula is C22H20N3O+. The van der Waals surface area contributed by atoms with Crippen molar-refractivity contribution in [1.29, 1.82) is 0 Å². The standard InChI is InChI=1S/C22H20N3O/c1-24-22(18-11-7-4-8-12-18)21(17-9-5-3-6-10-17)23-25(24)19-13-15-20(26-2)16-14-19/h3-16H,1-2H3/q+1. The summed E-state index contributed by atoms with van der Waals surface area (Å²) in [7, 11) is 3.70. The van der Waals surface area contributed by atoms with E-state index in [0.29, 0.717) is 0 Å². The second kappa shape index (κ2) is 6.84. The summed E-state index contributed by atoms with van der Waals surface area (Å²) in [5.41, 5.74) is 5.23. The summed E-state index contributed by atoms with van der Waals surface area (Å²) in [6.07, 6.45) is 0. The molecule has 0 unspecified atom stereocenters. The first-order chi connectivity index (χ1) is 12.8. The maximum absolute atomic E-state index is 5.27. The van der Waals surface area contributed by atoms with Gasteiger partial charge in [-0.15, -0.1) is 0 Å². The van der Waals surface area contributed by atoms with Crippen LogP contribution in [0.2, 0.25) is 0 Å². The quantitative estimate of drug-likeness (QED) is 0.524. The van der Waals surface area contributed by atoms with Gasteiger partial charge in [0, 0.05) is 11.1 Å². The summed E-state index contributed by atoms with van der Waals surface area (Å²) < 4.78 is 7.35. The summed E-state index contributed by atoms with van der Waals surface area (Å²) >= 11 is 0. The Morgan fingerprint density at radius 2 is 1.35 bits per heavy atom. The third kappa shape index (κ3) is 2.86. The van der Waals surface area contributed by atoms with Crippen molar-refractivity contribution in [2.45, 2.75) is 0 Å². The van der Waals surface area contributed by atoms with Crippen LogP contribution in [-0.2, 0) is 7.05 Å². The molecule has 0 spiro atoms. The van der Waals surface area contributed by atoms with Gasteiger partial charge in [-0.1, -0.05) is 60.7 Å². The van der Waals surface area contributed by atoms with Crippen LogP contribution in [0.15, 0.2) is 84.9 Å². The van der Waals surface area contributed by atoms with Crippen molar-refractivity contribution in [2.24, 2.45) is 7.05 Å². The van der Waals surface area contributed by atoms with Crippen molar-refractivity contribution < 1.29 is 9.42 Å². The minimum Gasteiger partial charge on any atom is -0.497 e. The van der Waals surface area contributed by atoms with E-state index < -0.39 is 0 Å². The summed E-state index contributed by atoms with van der Waals surface area (Å²) in [4.78, 5) is 1.92. The third-order valence-electron chi connectivity index (χ3n) is 4.42. The molecule has 0 atom stereocenters. The topological polar surface area (TPSA) is 30.9 Å². The predicted octanol–water partition coefficient (Wildman–Crippen LogP) is 4.04. The van der Waals surface area contributed by atoms with Crippen LogP contribution < -0.4 is 9.42 Å². The molecule has 0 N–H and O–H groups in total. The fourth-order valence-corrected chi connectivity index (χ4v) is 3.11. The van der Waals surface area contributed by atoms with Crippen LogP contribution in [0.25, 0.3) is 28.2 Å². The summed E-state index contributed by atoms with van der Waals surface area (Å²) in [5.74, 6) is 0.829. The summed E-state index contributed by atoms with van der Waals surface area (Å²) in [5, 5.41) is 4.92. The number of ether oxygens (including phenoxy) is 1. The molecule has 0 saturated heterocycles. The number of nitrogens with zero attached hydrogens (tertiary/aromatic N) is 3. The number of aromatic nitrogens is 3. The molecular weight excluding hydrogens is 322 g/mol. The van der Waals surface area contributed by atoms with E-state index in [1.54, 1.807) is 7.11 Å². The first kappa shape index (κ1) is 16.1. The number of rotatable bonds is 4. The Balaban J connectivity index is 1.93. The van der Waals surface area contributed by atoms with Crippen molar-refractivity contribution in [3.63, 3.8) is 0 Å². The van der Waals surface area contributed by atoms with Gasteiger partial charge in [-0.05, 0) is 29.1 Å². The van der Waals surface area contributed by atoms with Crippen molar-refractivity contribution >= 4 is 0 Å². The van der Waals surface area contributed by atoms with E-state index in [4.69, 9.17) is 9.84 Å². The van der Waals surface area contributed by atoms with E-state index in [9.17, 15) is 0 Å². The molecule has 0 radical (unpaired) electrons. The van der Waals surface area contributed by atoms with Gasteiger partial charge in [-0.2, -0.15) is 4.68 Å². The lowest BCUT2D eigenvalue weighted by atomic mass is 10.1. The fourth-order valence-electron chi connectivity index (χ4n) is 3.11. The van der Waals surface area contributed by atoms with Crippen LogP contribution in [-0.4, -0.2) is 17.0 Å². The van der Waals surface area contributed by atoms with Gasteiger partial charge in [0.25, 0.3) is 5.69 Å². The highest BCUT2D eigenvalue weighted by molar-refractivity contribution is 5.75. The van der Waals surface area contributed by atoms with Crippen LogP contribution in [0.3, 0.4) is 0 Å². The van der Waals surface area contributed by atoms with Crippen molar-refractivity contribution in [3.05, 3.63) is 84.9 Å². The Hall–Kier alpha value is -3.40. The lowest BCUT2D eigenvalue weighted by molar-refractivity contribution is -0.738. The summed E-state index contributed by atoms with van der Waals surface area (Å²) in [6.45, 7) is 0. The van der Waals surface area contributed by atoms with Crippen molar-refractivity contribution in [1.82, 2.24) is 9.90 Å². The minimum atomic E-state index is 0.829. The van der Waals surface area contributed by atoms with Crippen molar-refractivity contribution in [3.8, 4) is 34.0 Å². The zero-order valence-electron chi connectivity index (χ0n) is 14.8. The van der Waals surface area contributed by atoms with Gasteiger partial charge >= 0.3 is 0 Å². The zero-order chi connectivity index (χ0) is 17.9. The molecule has 0 saturated carbocycles. The third-order valence-corrected chi connectivity index (χ3v) is 4.42. The monoisotopic (exact) mass is 342 g/mol. The van der Waals surface area contributed by atoms with Gasteiger partial charge in [-0.25, -0.2) is 0 Å². The Morgan fingerprint density at radius 1 is 0.769 bits per heavy atom. The lowest BCUT2D eigenvalue weighted by Crippen LogP contribution is -2.40. The van der Waals surface area contributed by atoms with Gasteiger partial charge in [0.1, 0.15) is 18.5 Å². The van der Waals surface area contributed by atoms with Crippen LogP contribution in [0.1, 0.15) is 0 Å². The maximum atomic E-state index is 5.27. The molecule has 4 rings (SSSR count). The Labute approximate surface area is 152 Å². The van der Waals surface area contributed by atoms with E-state index in [1.165, 1.54) is 0 Å². The Bertz CT molecular complexity index is 1010. The summed E-state index contributed by atoms with van der Waals surface area (Å²) in [6, 6.07) is 28.5. The van der Waals surface area contributed by atoms with Crippen molar-refractivity contribution in [2.75, 3.05) is 7.11 Å². The molecule has 4 aromatic rings. The van der Waals surface area contributed by atoms with Crippen LogP contribution in [0.4, 0.5) is 0 Å².